The largest absolute Gasteiger partial charge is 0.235 e. The van der Waals surface area contributed by atoms with Crippen LogP contribution in [0.1, 0.15) is 0 Å². The van der Waals surface area contributed by atoms with Crippen molar-refractivity contribution in [3.05, 3.63) is 44.6 Å². The predicted molar refractivity (Wildman–Crippen MR) is 67.9 cm³/mol. The van der Waals surface area contributed by atoms with Gasteiger partial charge in [-0.15, -0.1) is 0 Å². The number of halogens is 3. The van der Waals surface area contributed by atoms with Crippen LogP contribution < -0.4 is 0 Å². The lowest BCUT2D eigenvalue weighted by Crippen LogP contribution is -1.89. The number of hydrogen-bond donors (Lipinski definition) is 0. The number of benzene rings is 1. The van der Waals surface area contributed by atoms with Gasteiger partial charge in [-0.2, -0.15) is 0 Å². The molecular weight excluding hydrogens is 343 g/mol. The molecule has 0 amide bonds. The average molecular weight is 348 g/mol. The summed E-state index contributed by atoms with van der Waals surface area (Å²) >= 11 is 12.5. The van der Waals surface area contributed by atoms with E-state index in [-0.39, 0.29) is 0 Å². The van der Waals surface area contributed by atoms with Gasteiger partial charge < -0.3 is 0 Å². The maximum atomic E-state index is 5.89. The third-order valence-corrected chi connectivity index (χ3v) is 3.43. The molecule has 1 aromatic carbocycles. The van der Waals surface area contributed by atoms with Gasteiger partial charge in [-0.05, 0) is 28.1 Å². The second-order valence-electron chi connectivity index (χ2n) is 2.84. The van der Waals surface area contributed by atoms with E-state index in [0.717, 1.165) is 10.0 Å². The highest BCUT2D eigenvalue weighted by Crippen LogP contribution is 2.23. The molecule has 2 nitrogen and oxygen atoms in total. The fraction of sp³-hybridized carbons (Fsp3) is 0. The lowest BCUT2D eigenvalue weighted by atomic mass is 10.2. The number of hydrogen-bond acceptors (Lipinski definition) is 2. The first kappa shape index (κ1) is 11.0. The maximum Gasteiger partial charge on any atom is 0.160 e. The van der Waals surface area contributed by atoms with Crippen LogP contribution in [0.4, 0.5) is 0 Å². The molecule has 0 aliphatic heterocycles. The Morgan fingerprint density at radius 1 is 1.07 bits per heavy atom. The van der Waals surface area contributed by atoms with Crippen molar-refractivity contribution in [2.24, 2.45) is 0 Å². The fourth-order valence-electron chi connectivity index (χ4n) is 1.08. The molecule has 0 saturated carbocycles. The molecule has 0 saturated heterocycles. The summed E-state index contributed by atoms with van der Waals surface area (Å²) in [6, 6.07) is 7.75. The summed E-state index contributed by atoms with van der Waals surface area (Å²) in [5, 5.41) is 0.419. The van der Waals surface area contributed by atoms with Gasteiger partial charge >= 0.3 is 0 Å². The van der Waals surface area contributed by atoms with Crippen molar-refractivity contribution in [1.82, 2.24) is 9.97 Å². The molecule has 0 fully saturated rings. The zero-order valence-corrected chi connectivity index (χ0v) is 11.3. The highest BCUT2D eigenvalue weighted by molar-refractivity contribution is 9.10. The molecule has 5 heteroatoms. The molecule has 0 radical (unpaired) electrons. The van der Waals surface area contributed by atoms with Crippen molar-refractivity contribution in [3.8, 4) is 11.4 Å². The quantitative estimate of drug-likeness (QED) is 0.717. The van der Waals surface area contributed by atoms with E-state index < -0.39 is 0 Å². The van der Waals surface area contributed by atoms with E-state index in [1.807, 2.05) is 24.3 Å². The first-order chi connectivity index (χ1) is 7.16. The second kappa shape index (κ2) is 4.60. The zero-order valence-electron chi connectivity index (χ0n) is 7.42. The van der Waals surface area contributed by atoms with Crippen LogP contribution in [-0.4, -0.2) is 9.97 Å². The van der Waals surface area contributed by atoms with E-state index in [1.165, 1.54) is 0 Å². The first-order valence-corrected chi connectivity index (χ1v) is 6.07. The third-order valence-electron chi connectivity index (χ3n) is 1.80. The average Bonchev–Trinajstić information content (AvgIpc) is 2.23. The van der Waals surface area contributed by atoms with Crippen LogP contribution in [0.5, 0.6) is 0 Å². The minimum atomic E-state index is 0.419. The minimum Gasteiger partial charge on any atom is -0.235 e. The molecule has 0 unspecified atom stereocenters. The van der Waals surface area contributed by atoms with Crippen LogP contribution in [0.25, 0.3) is 11.4 Å². The molecular formula is C10H5Br2ClN2. The minimum absolute atomic E-state index is 0.419. The molecule has 0 aliphatic rings. The smallest absolute Gasteiger partial charge is 0.160 e. The van der Waals surface area contributed by atoms with Gasteiger partial charge in [0.1, 0.15) is 5.15 Å². The van der Waals surface area contributed by atoms with Crippen LogP contribution in [-0.2, 0) is 0 Å². The van der Waals surface area contributed by atoms with Gasteiger partial charge in [-0.25, -0.2) is 9.97 Å². The van der Waals surface area contributed by atoms with Crippen LogP contribution in [0.3, 0.4) is 0 Å². The van der Waals surface area contributed by atoms with Gasteiger partial charge in [0.2, 0.25) is 0 Å². The van der Waals surface area contributed by atoms with Crippen LogP contribution in [0.15, 0.2) is 39.4 Å². The molecule has 0 spiro atoms. The van der Waals surface area contributed by atoms with E-state index >= 15 is 0 Å². The van der Waals surface area contributed by atoms with Crippen molar-refractivity contribution in [3.63, 3.8) is 0 Å². The monoisotopic (exact) mass is 346 g/mol. The summed E-state index contributed by atoms with van der Waals surface area (Å²) in [6.45, 7) is 0. The van der Waals surface area contributed by atoms with Crippen molar-refractivity contribution >= 4 is 43.5 Å². The highest BCUT2D eigenvalue weighted by atomic mass is 79.9. The van der Waals surface area contributed by atoms with Crippen molar-refractivity contribution in [1.29, 1.82) is 0 Å². The normalized spacial score (nSPS) is 10.3. The summed E-state index contributed by atoms with van der Waals surface area (Å²) in [4.78, 5) is 8.35. The standard InChI is InChI=1S/C10H5Br2ClN2/c11-7-3-1-6(2-4-7)10-14-5-8(12)9(13)15-10/h1-5H. The molecule has 0 bridgehead atoms. The number of rotatable bonds is 1. The molecule has 76 valence electrons. The van der Waals surface area contributed by atoms with Crippen LogP contribution in [0.2, 0.25) is 5.15 Å². The molecule has 1 heterocycles. The lowest BCUT2D eigenvalue weighted by Gasteiger charge is -2.01. The fourth-order valence-corrected chi connectivity index (χ4v) is 1.67. The van der Waals surface area contributed by atoms with Gasteiger partial charge in [-0.1, -0.05) is 39.7 Å². The highest BCUT2D eigenvalue weighted by Gasteiger charge is 2.04. The zero-order chi connectivity index (χ0) is 10.8. The van der Waals surface area contributed by atoms with E-state index in [2.05, 4.69) is 41.8 Å². The first-order valence-electron chi connectivity index (χ1n) is 4.11. The van der Waals surface area contributed by atoms with Crippen molar-refractivity contribution in [2.45, 2.75) is 0 Å². The SMILES string of the molecule is Clc1nc(-c2ccc(Br)cc2)ncc1Br. The molecule has 2 rings (SSSR count). The predicted octanol–water partition coefficient (Wildman–Crippen LogP) is 4.32. The summed E-state index contributed by atoms with van der Waals surface area (Å²) in [6.07, 6.45) is 1.65. The number of nitrogens with zero attached hydrogens (tertiary/aromatic N) is 2. The summed E-state index contributed by atoms with van der Waals surface area (Å²) in [5.74, 6) is 0.621. The van der Waals surface area contributed by atoms with Gasteiger partial charge in [0.15, 0.2) is 5.82 Å². The Balaban J connectivity index is 2.45. The maximum absolute atomic E-state index is 5.89. The van der Waals surface area contributed by atoms with Gasteiger partial charge in [-0.3, -0.25) is 0 Å². The van der Waals surface area contributed by atoms with Crippen LogP contribution in [0, 0.1) is 0 Å². The Morgan fingerprint density at radius 2 is 1.73 bits per heavy atom. The van der Waals surface area contributed by atoms with Gasteiger partial charge in [0.05, 0.1) is 4.47 Å². The molecule has 0 N–H and O–H groups in total. The Kier molecular flexibility index (Phi) is 3.38. The third kappa shape index (κ3) is 2.56. The summed E-state index contributed by atoms with van der Waals surface area (Å²) in [5.41, 5.74) is 0.938. The summed E-state index contributed by atoms with van der Waals surface area (Å²) in [7, 11) is 0. The molecule has 1 aromatic heterocycles. The van der Waals surface area contributed by atoms with E-state index in [9.17, 15) is 0 Å². The van der Waals surface area contributed by atoms with E-state index in [4.69, 9.17) is 11.6 Å². The summed E-state index contributed by atoms with van der Waals surface area (Å²) < 4.78 is 1.72. The Labute approximate surface area is 109 Å². The molecule has 0 atom stereocenters. The van der Waals surface area contributed by atoms with E-state index in [0.29, 0.717) is 15.5 Å². The topological polar surface area (TPSA) is 25.8 Å². The molecule has 2 aromatic rings. The van der Waals surface area contributed by atoms with Gasteiger partial charge in [0.25, 0.3) is 0 Å². The number of aromatic nitrogens is 2. The van der Waals surface area contributed by atoms with Gasteiger partial charge in [0, 0.05) is 16.2 Å². The lowest BCUT2D eigenvalue weighted by molar-refractivity contribution is 1.16. The Bertz CT molecular complexity index is 485. The van der Waals surface area contributed by atoms with Crippen molar-refractivity contribution < 1.29 is 0 Å². The Morgan fingerprint density at radius 3 is 2.33 bits per heavy atom. The molecule has 15 heavy (non-hydrogen) atoms. The van der Waals surface area contributed by atoms with E-state index in [1.54, 1.807) is 6.20 Å². The van der Waals surface area contributed by atoms with Crippen molar-refractivity contribution in [2.75, 3.05) is 0 Å². The second-order valence-corrected chi connectivity index (χ2v) is 4.97. The molecule has 0 aliphatic carbocycles. The van der Waals surface area contributed by atoms with Crippen LogP contribution >= 0.6 is 43.5 Å². The Hall–Kier alpha value is -0.450.